The maximum Gasteiger partial charge on any atom is 0.319 e. The Labute approximate surface area is 213 Å². The second-order valence-electron chi connectivity index (χ2n) is 8.94. The van der Waals surface area contributed by atoms with Gasteiger partial charge < -0.3 is 19.9 Å². The predicted octanol–water partition coefficient (Wildman–Crippen LogP) is 4.78. The van der Waals surface area contributed by atoms with Gasteiger partial charge in [-0.1, -0.05) is 61.7 Å². The lowest BCUT2D eigenvalue weighted by Gasteiger charge is -2.23. The molecule has 1 saturated carbocycles. The minimum Gasteiger partial charge on any atom is -0.335 e. The zero-order chi connectivity index (χ0) is 25.3. The molecule has 0 saturated heterocycles. The van der Waals surface area contributed by atoms with Gasteiger partial charge in [0.05, 0.1) is 24.3 Å². The number of hydrogen-bond acceptors (Lipinski definition) is 5. The van der Waals surface area contributed by atoms with E-state index < -0.39 is 10.3 Å². The normalized spacial score (nSPS) is 13.8. The number of ether oxygens (including phenoxy) is 1. The molecule has 1 fully saturated rings. The molecule has 1 aromatic heterocycles. The molecule has 8 nitrogen and oxygen atoms in total. The summed E-state index contributed by atoms with van der Waals surface area (Å²) < 4.78 is 31.8. The van der Waals surface area contributed by atoms with Crippen LogP contribution in [0.4, 0.5) is 10.5 Å². The molecule has 0 aliphatic heterocycles. The van der Waals surface area contributed by atoms with Gasteiger partial charge in [-0.25, -0.2) is 9.78 Å². The van der Waals surface area contributed by atoms with Crippen molar-refractivity contribution in [1.82, 2.24) is 14.9 Å². The molecule has 2 N–H and O–H groups in total. The van der Waals surface area contributed by atoms with Crippen LogP contribution in [-0.4, -0.2) is 41.7 Å². The maximum atomic E-state index is 12.5. The molecule has 1 heterocycles. The fourth-order valence-corrected chi connectivity index (χ4v) is 5.06. The Morgan fingerprint density at radius 1 is 1.06 bits per heavy atom. The number of rotatable bonds is 8. The number of benzene rings is 2. The highest BCUT2D eigenvalue weighted by Crippen LogP contribution is 2.22. The van der Waals surface area contributed by atoms with Crippen LogP contribution in [-0.2, 0) is 21.6 Å². The summed E-state index contributed by atoms with van der Waals surface area (Å²) in [6.45, 7) is 2.85. The van der Waals surface area contributed by atoms with E-state index in [1.807, 2.05) is 41.8 Å². The number of imidazole rings is 1. The number of nitrogens with one attached hydrogen (secondary N) is 2. The molecule has 190 valence electrons. The Hall–Kier alpha value is -3.43. The van der Waals surface area contributed by atoms with Crippen molar-refractivity contribution < 1.29 is 17.9 Å². The zero-order valence-electron chi connectivity index (χ0n) is 20.4. The van der Waals surface area contributed by atoms with E-state index in [0.717, 1.165) is 42.6 Å². The van der Waals surface area contributed by atoms with Crippen LogP contribution in [0.15, 0.2) is 60.9 Å². The summed E-state index contributed by atoms with van der Waals surface area (Å²) in [5.74, 6) is 0. The van der Waals surface area contributed by atoms with Crippen LogP contribution in [0.1, 0.15) is 49.8 Å². The summed E-state index contributed by atoms with van der Waals surface area (Å²) in [5.41, 5.74) is 3.74. The molecule has 2 aromatic carbocycles. The van der Waals surface area contributed by atoms with E-state index >= 15 is 0 Å². The predicted molar refractivity (Wildman–Crippen MR) is 141 cm³/mol. The van der Waals surface area contributed by atoms with E-state index in [1.165, 1.54) is 6.42 Å². The van der Waals surface area contributed by atoms with Gasteiger partial charge in [-0.15, -0.1) is 0 Å². The average molecular weight is 509 g/mol. The van der Waals surface area contributed by atoms with Gasteiger partial charge in [0, 0.05) is 29.4 Å². The number of carbonyl (C=O) groups is 1. The molecular weight excluding hydrogens is 476 g/mol. The molecule has 4 rings (SSSR count). The summed E-state index contributed by atoms with van der Waals surface area (Å²) in [6, 6.07) is 16.6. The van der Waals surface area contributed by atoms with Crippen LogP contribution >= 0.6 is 0 Å². The highest BCUT2D eigenvalue weighted by Gasteiger charge is 2.18. The monoisotopic (exact) mass is 508 g/mol. The van der Waals surface area contributed by atoms with E-state index in [1.54, 1.807) is 30.6 Å². The van der Waals surface area contributed by atoms with Crippen LogP contribution in [0.5, 0.6) is 0 Å². The van der Waals surface area contributed by atoms with Crippen molar-refractivity contribution in [2.24, 2.45) is 0 Å². The third-order valence-electron chi connectivity index (χ3n) is 6.41. The SMILES string of the molecule is Cc1c(-c2ccccc2)ncn1CCCOC(c1ccccc1NC(=O)NC1CCCCC1)=S(=O)=O. The third-order valence-corrected chi connectivity index (χ3v) is 7.05. The van der Waals surface area contributed by atoms with Crippen molar-refractivity contribution in [2.45, 2.75) is 58.0 Å². The Morgan fingerprint density at radius 2 is 1.78 bits per heavy atom. The topological polar surface area (TPSA) is 102 Å². The number of aryl methyl sites for hydroxylation is 1. The van der Waals surface area contributed by atoms with Gasteiger partial charge in [0.25, 0.3) is 0 Å². The molecule has 36 heavy (non-hydrogen) atoms. The Kier molecular flexibility index (Phi) is 8.91. The summed E-state index contributed by atoms with van der Waals surface area (Å²) in [4.78, 5) is 17.1. The standard InChI is InChI=1S/C27H32N4O4S/c1-20-25(21-11-4-2-5-12-21)28-19-31(20)17-10-18-35-26(36(33)34)23-15-8-9-16-24(23)30-27(32)29-22-13-6-3-7-14-22/h2,4-5,8-9,11-12,15-16,19,22H,3,6-7,10,13-14,17-18H2,1H3,(H2,29,30,32). The summed E-state index contributed by atoms with van der Waals surface area (Å²) in [6.07, 6.45) is 7.71. The van der Waals surface area contributed by atoms with Crippen LogP contribution in [0, 0.1) is 6.92 Å². The van der Waals surface area contributed by atoms with Gasteiger partial charge in [-0.2, -0.15) is 8.42 Å². The van der Waals surface area contributed by atoms with E-state index in [-0.39, 0.29) is 23.7 Å². The van der Waals surface area contributed by atoms with Crippen molar-refractivity contribution in [3.63, 3.8) is 0 Å². The van der Waals surface area contributed by atoms with Crippen molar-refractivity contribution in [1.29, 1.82) is 0 Å². The minimum atomic E-state index is -2.61. The van der Waals surface area contributed by atoms with Crippen molar-refractivity contribution >= 4 is 27.1 Å². The largest absolute Gasteiger partial charge is 0.335 e. The van der Waals surface area contributed by atoms with Crippen molar-refractivity contribution in [3.8, 4) is 11.3 Å². The quantitative estimate of drug-likeness (QED) is 0.337. The lowest BCUT2D eigenvalue weighted by Crippen LogP contribution is -2.39. The molecule has 9 heteroatoms. The van der Waals surface area contributed by atoms with Crippen LogP contribution in [0.3, 0.4) is 0 Å². The minimum absolute atomic E-state index is 0.147. The number of carbonyl (C=O) groups excluding carboxylic acids is 1. The van der Waals surface area contributed by atoms with Gasteiger partial charge in [-0.05, 0) is 38.3 Å². The second-order valence-corrected chi connectivity index (χ2v) is 9.78. The molecule has 1 aliphatic carbocycles. The first-order chi connectivity index (χ1) is 17.5. The van der Waals surface area contributed by atoms with Crippen molar-refractivity contribution in [3.05, 3.63) is 72.2 Å². The number of amides is 2. The molecule has 0 unspecified atom stereocenters. The molecule has 0 radical (unpaired) electrons. The van der Waals surface area contributed by atoms with E-state index in [4.69, 9.17) is 4.74 Å². The number of aromatic nitrogens is 2. The number of anilines is 1. The third kappa shape index (κ3) is 6.61. The summed E-state index contributed by atoms with van der Waals surface area (Å²) in [7, 11) is -2.61. The van der Waals surface area contributed by atoms with Crippen LogP contribution in [0.2, 0.25) is 0 Å². The molecule has 0 spiro atoms. The first-order valence-corrected chi connectivity index (χ1v) is 13.4. The lowest BCUT2D eigenvalue weighted by molar-refractivity contribution is 0.244. The molecule has 2 amide bonds. The average Bonchev–Trinajstić information content (AvgIpc) is 3.25. The highest BCUT2D eigenvalue weighted by atomic mass is 32.2. The van der Waals surface area contributed by atoms with Gasteiger partial charge in [0.15, 0.2) is 0 Å². The smallest absolute Gasteiger partial charge is 0.319 e. The second kappa shape index (κ2) is 12.5. The fraction of sp³-hybridized carbons (Fsp3) is 0.370. The van der Waals surface area contributed by atoms with Gasteiger partial charge >= 0.3 is 6.03 Å². The fourth-order valence-electron chi connectivity index (χ4n) is 4.52. The first kappa shape index (κ1) is 25.7. The van der Waals surface area contributed by atoms with Gasteiger partial charge in [0.2, 0.25) is 15.3 Å². The van der Waals surface area contributed by atoms with Gasteiger partial charge in [-0.3, -0.25) is 0 Å². The first-order valence-electron chi connectivity index (χ1n) is 12.4. The number of urea groups is 1. The van der Waals surface area contributed by atoms with Crippen LogP contribution in [0.25, 0.3) is 11.3 Å². The molecule has 0 atom stereocenters. The Bertz CT molecular complexity index is 1300. The van der Waals surface area contributed by atoms with E-state index in [9.17, 15) is 13.2 Å². The number of para-hydroxylation sites is 1. The van der Waals surface area contributed by atoms with E-state index in [2.05, 4.69) is 15.6 Å². The lowest BCUT2D eigenvalue weighted by atomic mass is 9.96. The molecule has 1 aliphatic rings. The van der Waals surface area contributed by atoms with Crippen LogP contribution < -0.4 is 10.6 Å². The number of nitrogens with zero attached hydrogens (tertiary/aromatic N) is 2. The maximum absolute atomic E-state index is 12.5. The zero-order valence-corrected chi connectivity index (χ0v) is 21.3. The van der Waals surface area contributed by atoms with Gasteiger partial charge in [0.1, 0.15) is 0 Å². The summed E-state index contributed by atoms with van der Waals surface area (Å²) in [5, 5.41) is 5.60. The highest BCUT2D eigenvalue weighted by molar-refractivity contribution is 7.73. The van der Waals surface area contributed by atoms with Crippen molar-refractivity contribution in [2.75, 3.05) is 11.9 Å². The molecule has 3 aromatic rings. The number of hydrogen-bond donors (Lipinski definition) is 2. The van der Waals surface area contributed by atoms with E-state index in [0.29, 0.717) is 24.2 Å². The Morgan fingerprint density at radius 3 is 2.53 bits per heavy atom. The molecule has 0 bridgehead atoms. The Balaban J connectivity index is 1.36. The molecular formula is C27H32N4O4S. The summed E-state index contributed by atoms with van der Waals surface area (Å²) >= 11 is 0.